The minimum atomic E-state index is -0.874. The van der Waals surface area contributed by atoms with Crippen molar-refractivity contribution in [2.75, 3.05) is 11.9 Å². The van der Waals surface area contributed by atoms with E-state index in [9.17, 15) is 9.59 Å². The van der Waals surface area contributed by atoms with Crippen molar-refractivity contribution < 1.29 is 23.8 Å². The van der Waals surface area contributed by atoms with E-state index in [0.29, 0.717) is 5.92 Å². The number of hydrogen-bond acceptors (Lipinski definition) is 6. The van der Waals surface area contributed by atoms with Crippen LogP contribution in [0.25, 0.3) is 0 Å². The molecule has 2 rings (SSSR count). The normalized spacial score (nSPS) is 15.8. The Hall–Kier alpha value is -2.05. The fourth-order valence-corrected chi connectivity index (χ4v) is 1.82. The summed E-state index contributed by atoms with van der Waals surface area (Å²) in [6.45, 7) is 1.96. The van der Waals surface area contributed by atoms with Gasteiger partial charge in [0.2, 0.25) is 0 Å². The van der Waals surface area contributed by atoms with Gasteiger partial charge in [0.1, 0.15) is 6.26 Å². The predicted molar refractivity (Wildman–Crippen MR) is 64.8 cm³/mol. The van der Waals surface area contributed by atoms with E-state index < -0.39 is 11.9 Å². The van der Waals surface area contributed by atoms with Crippen LogP contribution in [0, 0.1) is 5.92 Å². The molecule has 2 N–H and O–H groups in total. The van der Waals surface area contributed by atoms with Gasteiger partial charge in [0.25, 0.3) is 6.01 Å². The number of ether oxygens (including phenoxy) is 1. The van der Waals surface area contributed by atoms with Crippen LogP contribution < -0.4 is 5.32 Å². The first-order valence-electron chi connectivity index (χ1n) is 6.21. The van der Waals surface area contributed by atoms with Crippen LogP contribution in [-0.2, 0) is 9.53 Å². The summed E-state index contributed by atoms with van der Waals surface area (Å²) in [4.78, 5) is 26.1. The maximum absolute atomic E-state index is 11.4. The third-order valence-corrected chi connectivity index (χ3v) is 2.88. The van der Waals surface area contributed by atoms with Crippen LogP contribution >= 0.6 is 0 Å². The molecular formula is C12H16N2O5. The van der Waals surface area contributed by atoms with E-state index in [1.165, 1.54) is 6.26 Å². The summed E-state index contributed by atoms with van der Waals surface area (Å²) in [6, 6.07) is -0.0626. The number of oxazole rings is 1. The molecule has 1 unspecified atom stereocenters. The molecule has 1 aliphatic rings. The number of nitrogens with zero attached hydrogens (tertiary/aromatic N) is 1. The summed E-state index contributed by atoms with van der Waals surface area (Å²) in [7, 11) is 0. The highest BCUT2D eigenvalue weighted by Gasteiger charge is 2.33. The molecule has 1 fully saturated rings. The Bertz CT molecular complexity index is 466. The molecule has 19 heavy (non-hydrogen) atoms. The number of carboxylic acids is 1. The second kappa shape index (κ2) is 5.73. The molecule has 0 amide bonds. The third-order valence-electron chi connectivity index (χ3n) is 2.88. The van der Waals surface area contributed by atoms with Crippen molar-refractivity contribution in [1.29, 1.82) is 0 Å². The van der Waals surface area contributed by atoms with Gasteiger partial charge in [0.15, 0.2) is 5.69 Å². The van der Waals surface area contributed by atoms with E-state index in [4.69, 9.17) is 14.3 Å². The summed E-state index contributed by atoms with van der Waals surface area (Å²) in [5, 5.41) is 11.8. The van der Waals surface area contributed by atoms with Crippen LogP contribution in [0.1, 0.15) is 36.7 Å². The molecule has 1 aromatic rings. The zero-order valence-electron chi connectivity index (χ0n) is 10.6. The van der Waals surface area contributed by atoms with Gasteiger partial charge in [-0.3, -0.25) is 4.79 Å². The molecule has 0 spiro atoms. The first-order chi connectivity index (χ1) is 9.10. The maximum atomic E-state index is 11.4. The molecule has 1 heterocycles. The lowest BCUT2D eigenvalue weighted by Gasteiger charge is -2.13. The topological polar surface area (TPSA) is 102 Å². The van der Waals surface area contributed by atoms with Crippen LogP contribution in [0.15, 0.2) is 10.7 Å². The van der Waals surface area contributed by atoms with Crippen LogP contribution in [0.4, 0.5) is 6.01 Å². The van der Waals surface area contributed by atoms with Gasteiger partial charge in [-0.25, -0.2) is 4.79 Å². The molecule has 0 aromatic carbocycles. The molecule has 1 aliphatic carbocycles. The summed E-state index contributed by atoms with van der Waals surface area (Å²) < 4.78 is 9.89. The van der Waals surface area contributed by atoms with Crippen LogP contribution in [0.2, 0.25) is 0 Å². The summed E-state index contributed by atoms with van der Waals surface area (Å²) in [6.07, 6.45) is 3.19. The number of carbonyl (C=O) groups excluding carboxylic acids is 1. The number of rotatable bonds is 7. The van der Waals surface area contributed by atoms with Gasteiger partial charge >= 0.3 is 11.9 Å². The van der Waals surface area contributed by atoms with Gasteiger partial charge < -0.3 is 19.6 Å². The number of hydrogen-bond donors (Lipinski definition) is 2. The molecule has 7 heteroatoms. The highest BCUT2D eigenvalue weighted by atomic mass is 16.5. The number of aliphatic carboxylic acids is 1. The Kier molecular flexibility index (Phi) is 4.03. The molecule has 1 saturated carbocycles. The number of aromatic nitrogens is 1. The second-order valence-electron chi connectivity index (χ2n) is 4.44. The van der Waals surface area contributed by atoms with Crippen molar-refractivity contribution >= 4 is 18.0 Å². The Balaban J connectivity index is 1.97. The van der Waals surface area contributed by atoms with Crippen LogP contribution in [-0.4, -0.2) is 34.7 Å². The lowest BCUT2D eigenvalue weighted by molar-refractivity contribution is -0.137. The van der Waals surface area contributed by atoms with Crippen LogP contribution in [0.5, 0.6) is 0 Å². The fourth-order valence-electron chi connectivity index (χ4n) is 1.82. The number of carbonyl (C=O) groups is 2. The number of carboxylic acid groups (broad SMARTS) is 1. The first-order valence-corrected chi connectivity index (χ1v) is 6.21. The molecule has 0 aliphatic heterocycles. The van der Waals surface area contributed by atoms with Gasteiger partial charge in [-0.05, 0) is 25.7 Å². The molecule has 0 radical (unpaired) electrons. The van der Waals surface area contributed by atoms with Crippen molar-refractivity contribution in [3.05, 3.63) is 12.0 Å². The van der Waals surface area contributed by atoms with Crippen LogP contribution in [0.3, 0.4) is 0 Å². The van der Waals surface area contributed by atoms with Gasteiger partial charge in [0.05, 0.1) is 13.0 Å². The molecular weight excluding hydrogens is 252 g/mol. The quantitative estimate of drug-likeness (QED) is 0.723. The Morgan fingerprint density at radius 1 is 1.63 bits per heavy atom. The second-order valence-corrected chi connectivity index (χ2v) is 4.44. The van der Waals surface area contributed by atoms with Crippen molar-refractivity contribution in [3.63, 3.8) is 0 Å². The number of nitrogens with one attached hydrogen (secondary N) is 1. The van der Waals surface area contributed by atoms with E-state index in [1.54, 1.807) is 6.92 Å². The van der Waals surface area contributed by atoms with Gasteiger partial charge in [-0.1, -0.05) is 0 Å². The van der Waals surface area contributed by atoms with Gasteiger partial charge in [0, 0.05) is 6.04 Å². The zero-order valence-corrected chi connectivity index (χ0v) is 10.6. The average molecular weight is 268 g/mol. The Labute approximate surface area is 110 Å². The Morgan fingerprint density at radius 3 is 2.95 bits per heavy atom. The van der Waals surface area contributed by atoms with E-state index in [2.05, 4.69) is 10.3 Å². The van der Waals surface area contributed by atoms with E-state index in [0.717, 1.165) is 12.8 Å². The maximum Gasteiger partial charge on any atom is 0.360 e. The molecule has 0 bridgehead atoms. The minimum absolute atomic E-state index is 0.00177. The van der Waals surface area contributed by atoms with Crippen molar-refractivity contribution in [2.24, 2.45) is 5.92 Å². The summed E-state index contributed by atoms with van der Waals surface area (Å²) >= 11 is 0. The third kappa shape index (κ3) is 3.70. The lowest BCUT2D eigenvalue weighted by atomic mass is 10.1. The SMILES string of the molecule is CCOC(=O)c1coc(NC(CC(=O)O)C2CC2)n1. The fraction of sp³-hybridized carbons (Fsp3) is 0.583. The number of anilines is 1. The van der Waals surface area contributed by atoms with Crippen molar-refractivity contribution in [2.45, 2.75) is 32.2 Å². The molecule has 1 atom stereocenters. The van der Waals surface area contributed by atoms with Gasteiger partial charge in [-0.2, -0.15) is 4.98 Å². The van der Waals surface area contributed by atoms with E-state index in [1.807, 2.05) is 0 Å². The van der Waals surface area contributed by atoms with Gasteiger partial charge in [-0.15, -0.1) is 0 Å². The summed E-state index contributed by atoms with van der Waals surface area (Å²) in [5.74, 6) is -1.10. The zero-order chi connectivity index (χ0) is 13.8. The van der Waals surface area contributed by atoms with E-state index >= 15 is 0 Å². The smallest absolute Gasteiger partial charge is 0.360 e. The largest absolute Gasteiger partial charge is 0.481 e. The average Bonchev–Trinajstić information content (AvgIpc) is 3.09. The highest BCUT2D eigenvalue weighted by molar-refractivity contribution is 5.87. The molecule has 0 saturated heterocycles. The monoisotopic (exact) mass is 268 g/mol. The highest BCUT2D eigenvalue weighted by Crippen LogP contribution is 2.35. The molecule has 1 aromatic heterocycles. The predicted octanol–water partition coefficient (Wildman–Crippen LogP) is 1.52. The van der Waals surface area contributed by atoms with Crippen molar-refractivity contribution in [3.8, 4) is 0 Å². The molecule has 7 nitrogen and oxygen atoms in total. The standard InChI is InChI=1S/C12H16N2O5/c1-2-18-11(17)9-6-19-12(14-9)13-8(5-10(15)16)7-3-4-7/h6-8H,2-5H2,1H3,(H,13,14)(H,15,16). The van der Waals surface area contributed by atoms with Crippen molar-refractivity contribution in [1.82, 2.24) is 4.98 Å². The Morgan fingerprint density at radius 2 is 2.37 bits per heavy atom. The van der Waals surface area contributed by atoms with E-state index in [-0.39, 0.29) is 30.8 Å². The summed E-state index contributed by atoms with van der Waals surface area (Å²) in [5.41, 5.74) is 0.0780. The number of esters is 1. The first kappa shape index (κ1) is 13.4. The lowest BCUT2D eigenvalue weighted by Crippen LogP contribution is -2.25. The molecule has 104 valence electrons. The minimum Gasteiger partial charge on any atom is -0.481 e.